The molecule has 0 saturated carbocycles. The number of rotatable bonds is 4. The van der Waals surface area contributed by atoms with E-state index in [4.69, 9.17) is 40.5 Å². The van der Waals surface area contributed by atoms with Gasteiger partial charge < -0.3 is 10.8 Å². The molecule has 5 aromatic rings. The summed E-state index contributed by atoms with van der Waals surface area (Å²) in [4.78, 5) is 17.5. The number of benzene rings is 2. The zero-order chi connectivity index (χ0) is 23.3. The summed E-state index contributed by atoms with van der Waals surface area (Å²) in [5, 5.41) is 17.9. The maximum Gasteiger partial charge on any atom is 0.269 e. The topological polar surface area (TPSA) is 93.5 Å². The Kier molecular flexibility index (Phi) is 5.50. The molecule has 5 rings (SSSR count). The van der Waals surface area contributed by atoms with Crippen molar-refractivity contribution >= 4 is 57.7 Å². The minimum absolute atomic E-state index is 0.00332. The van der Waals surface area contributed by atoms with Gasteiger partial charge in [-0.05, 0) is 40.3 Å². The summed E-state index contributed by atoms with van der Waals surface area (Å²) in [5.74, 6) is -0.980. The Morgan fingerprint density at radius 1 is 1.00 bits per heavy atom. The standard InChI is InChI=1S/C23H13Cl3N4O2S/c24-15-6-12(7-16(25)19(15)26)14-9-28-22-18(20(21(27)31)29-30(22)23(14)32)17-8-13(10-33-17)11-4-2-1-3-5-11/h1-10,32H,(H2,27,31). The van der Waals surface area contributed by atoms with Crippen molar-refractivity contribution in [3.8, 4) is 38.6 Å². The Hall–Kier alpha value is -3.10. The normalized spacial score (nSPS) is 11.2. The summed E-state index contributed by atoms with van der Waals surface area (Å²) >= 11 is 19.7. The SMILES string of the molecule is NC(=O)c1nn2c(O)c(-c3cc(Cl)c(Cl)c(Cl)c3)cnc2c1-c1cc(-c2ccccc2)cs1. The molecule has 3 heterocycles. The number of thiophene rings is 1. The van der Waals surface area contributed by atoms with Crippen LogP contribution in [-0.2, 0) is 0 Å². The van der Waals surface area contributed by atoms with Gasteiger partial charge in [-0.1, -0.05) is 65.1 Å². The van der Waals surface area contributed by atoms with E-state index in [9.17, 15) is 9.90 Å². The maximum absolute atomic E-state index is 12.2. The number of nitrogens with two attached hydrogens (primary N) is 1. The van der Waals surface area contributed by atoms with Gasteiger partial charge in [0.1, 0.15) is 0 Å². The number of carbonyl (C=O) groups is 1. The van der Waals surface area contributed by atoms with Gasteiger partial charge in [0, 0.05) is 11.1 Å². The molecular weight excluding hydrogens is 503 g/mol. The van der Waals surface area contributed by atoms with Crippen molar-refractivity contribution < 1.29 is 9.90 Å². The zero-order valence-corrected chi connectivity index (χ0v) is 19.7. The monoisotopic (exact) mass is 514 g/mol. The number of nitrogens with zero attached hydrogens (tertiary/aromatic N) is 3. The lowest BCUT2D eigenvalue weighted by molar-refractivity contribution is 0.0996. The summed E-state index contributed by atoms with van der Waals surface area (Å²) < 4.78 is 1.18. The lowest BCUT2D eigenvalue weighted by Gasteiger charge is -2.08. The van der Waals surface area contributed by atoms with Gasteiger partial charge in [-0.15, -0.1) is 11.3 Å². The Balaban J connectivity index is 1.70. The second kappa shape index (κ2) is 8.35. The fourth-order valence-corrected chi connectivity index (χ4v) is 5.09. The molecule has 0 saturated heterocycles. The number of hydrogen-bond donors (Lipinski definition) is 2. The molecular formula is C23H13Cl3N4O2S. The molecule has 0 radical (unpaired) electrons. The highest BCUT2D eigenvalue weighted by molar-refractivity contribution is 7.14. The van der Waals surface area contributed by atoms with E-state index in [2.05, 4.69) is 10.1 Å². The van der Waals surface area contributed by atoms with Gasteiger partial charge in [0.25, 0.3) is 5.91 Å². The first-order chi connectivity index (χ1) is 15.8. The van der Waals surface area contributed by atoms with Gasteiger partial charge in [-0.2, -0.15) is 9.61 Å². The highest BCUT2D eigenvalue weighted by Gasteiger charge is 2.24. The van der Waals surface area contributed by atoms with Crippen LogP contribution in [0.15, 0.2) is 60.1 Å². The molecule has 0 aliphatic carbocycles. The Bertz CT molecular complexity index is 1520. The summed E-state index contributed by atoms with van der Waals surface area (Å²) in [6.45, 7) is 0. The Morgan fingerprint density at radius 3 is 2.36 bits per heavy atom. The van der Waals surface area contributed by atoms with Crippen LogP contribution in [0.2, 0.25) is 15.1 Å². The van der Waals surface area contributed by atoms with Crippen LogP contribution < -0.4 is 5.73 Å². The van der Waals surface area contributed by atoms with Gasteiger partial charge in [0.05, 0.1) is 26.2 Å². The third kappa shape index (κ3) is 3.73. The predicted octanol–water partition coefficient (Wildman–Crippen LogP) is 6.56. The van der Waals surface area contributed by atoms with E-state index in [-0.39, 0.29) is 32.3 Å². The molecule has 3 N–H and O–H groups in total. The average molecular weight is 516 g/mol. The van der Waals surface area contributed by atoms with E-state index >= 15 is 0 Å². The van der Waals surface area contributed by atoms with Gasteiger partial charge in [-0.25, -0.2) is 4.98 Å². The second-order valence-corrected chi connectivity index (χ2v) is 9.24. The van der Waals surface area contributed by atoms with Crippen LogP contribution in [0.25, 0.3) is 38.3 Å². The first-order valence-corrected chi connectivity index (χ1v) is 11.6. The smallest absolute Gasteiger partial charge is 0.269 e. The molecule has 1 amide bonds. The van der Waals surface area contributed by atoms with Crippen LogP contribution in [0.1, 0.15) is 10.5 Å². The second-order valence-electron chi connectivity index (χ2n) is 7.14. The Morgan fingerprint density at radius 2 is 1.70 bits per heavy atom. The summed E-state index contributed by atoms with van der Waals surface area (Å²) in [7, 11) is 0. The molecule has 0 aliphatic rings. The van der Waals surface area contributed by atoms with Gasteiger partial charge in [0.2, 0.25) is 5.88 Å². The van der Waals surface area contributed by atoms with E-state index in [1.165, 1.54) is 22.0 Å². The van der Waals surface area contributed by atoms with E-state index in [1.54, 1.807) is 12.1 Å². The van der Waals surface area contributed by atoms with E-state index < -0.39 is 5.91 Å². The zero-order valence-electron chi connectivity index (χ0n) is 16.6. The summed E-state index contributed by atoms with van der Waals surface area (Å²) in [5.41, 5.74) is 9.17. The molecule has 164 valence electrons. The van der Waals surface area contributed by atoms with Crippen LogP contribution in [-0.4, -0.2) is 25.6 Å². The first-order valence-electron chi connectivity index (χ1n) is 9.55. The fraction of sp³-hybridized carbons (Fsp3) is 0. The summed E-state index contributed by atoms with van der Waals surface area (Å²) in [6.07, 6.45) is 1.46. The minimum atomic E-state index is -0.733. The molecule has 10 heteroatoms. The maximum atomic E-state index is 12.2. The third-order valence-corrected chi connectivity index (χ3v) is 7.24. The molecule has 3 aromatic heterocycles. The highest BCUT2D eigenvalue weighted by atomic mass is 35.5. The van der Waals surface area contributed by atoms with Crippen LogP contribution in [0, 0.1) is 0 Å². The third-order valence-electron chi connectivity index (χ3n) is 5.10. The van der Waals surface area contributed by atoms with Crippen LogP contribution in [0.5, 0.6) is 5.88 Å². The fourth-order valence-electron chi connectivity index (χ4n) is 3.54. The van der Waals surface area contributed by atoms with Crippen molar-refractivity contribution in [2.45, 2.75) is 0 Å². The lowest BCUT2D eigenvalue weighted by atomic mass is 10.1. The van der Waals surface area contributed by atoms with E-state index in [1.807, 2.05) is 41.8 Å². The van der Waals surface area contributed by atoms with Gasteiger partial charge in [-0.3, -0.25) is 4.79 Å². The molecule has 2 aromatic carbocycles. The van der Waals surface area contributed by atoms with Crippen molar-refractivity contribution in [1.29, 1.82) is 0 Å². The van der Waals surface area contributed by atoms with Crippen molar-refractivity contribution in [1.82, 2.24) is 14.6 Å². The van der Waals surface area contributed by atoms with Crippen molar-refractivity contribution in [2.24, 2.45) is 5.73 Å². The average Bonchev–Trinajstić information content (AvgIpc) is 3.43. The molecule has 0 unspecified atom stereocenters. The number of fused-ring (bicyclic) bond motifs is 1. The molecule has 33 heavy (non-hydrogen) atoms. The van der Waals surface area contributed by atoms with Crippen molar-refractivity contribution in [2.75, 3.05) is 0 Å². The molecule has 6 nitrogen and oxygen atoms in total. The van der Waals surface area contributed by atoms with Crippen LogP contribution in [0.3, 0.4) is 0 Å². The highest BCUT2D eigenvalue weighted by Crippen LogP contribution is 2.41. The van der Waals surface area contributed by atoms with Gasteiger partial charge >= 0.3 is 0 Å². The van der Waals surface area contributed by atoms with Gasteiger partial charge in [0.15, 0.2) is 11.3 Å². The number of halogens is 3. The number of aromatic nitrogens is 3. The van der Waals surface area contributed by atoms with Crippen molar-refractivity contribution in [3.63, 3.8) is 0 Å². The van der Waals surface area contributed by atoms with E-state index in [0.717, 1.165) is 16.0 Å². The number of amides is 1. The molecule has 0 atom stereocenters. The number of hydrogen-bond acceptors (Lipinski definition) is 5. The molecule has 0 bridgehead atoms. The predicted molar refractivity (Wildman–Crippen MR) is 132 cm³/mol. The largest absolute Gasteiger partial charge is 0.493 e. The molecule has 0 fully saturated rings. The van der Waals surface area contributed by atoms with E-state index in [0.29, 0.717) is 16.7 Å². The molecule has 0 aliphatic heterocycles. The van der Waals surface area contributed by atoms with Crippen LogP contribution >= 0.6 is 46.1 Å². The number of carbonyl (C=O) groups excluding carboxylic acids is 1. The first kappa shape index (κ1) is 21.7. The molecule has 0 spiro atoms. The van der Waals surface area contributed by atoms with Crippen molar-refractivity contribution in [3.05, 3.63) is 80.9 Å². The Labute approximate surface area is 206 Å². The lowest BCUT2D eigenvalue weighted by Crippen LogP contribution is -2.12. The quantitative estimate of drug-likeness (QED) is 0.265. The summed E-state index contributed by atoms with van der Waals surface area (Å²) in [6, 6.07) is 14.9. The minimum Gasteiger partial charge on any atom is -0.493 e. The van der Waals surface area contributed by atoms with Crippen LogP contribution in [0.4, 0.5) is 0 Å². The number of aromatic hydroxyl groups is 1. The number of primary amides is 1.